The van der Waals surface area contributed by atoms with Gasteiger partial charge in [-0.15, -0.1) is 0 Å². The van der Waals surface area contributed by atoms with Gasteiger partial charge in [0.2, 0.25) is 0 Å². The van der Waals surface area contributed by atoms with Crippen molar-refractivity contribution in [3.63, 3.8) is 0 Å². The number of nitrogens with zero attached hydrogens (tertiary/aromatic N) is 2. The lowest BCUT2D eigenvalue weighted by Crippen LogP contribution is -2.41. The number of hydrogen-bond acceptors (Lipinski definition) is 5. The van der Waals surface area contributed by atoms with E-state index in [0.29, 0.717) is 5.92 Å². The third-order valence-corrected chi connectivity index (χ3v) is 3.14. The van der Waals surface area contributed by atoms with Crippen LogP contribution in [0.2, 0.25) is 0 Å². The van der Waals surface area contributed by atoms with Gasteiger partial charge in [-0.3, -0.25) is 9.59 Å². The highest BCUT2D eigenvalue weighted by Gasteiger charge is 2.30. The number of carbonyl (C=O) groups excluding carboxylic acids is 2. The quantitative estimate of drug-likeness (QED) is 0.756. The number of methoxy groups -OCH3 is 1. The Labute approximate surface area is 111 Å². The zero-order valence-electron chi connectivity index (χ0n) is 11.4. The van der Waals surface area contributed by atoms with E-state index < -0.39 is 5.97 Å². The summed E-state index contributed by atoms with van der Waals surface area (Å²) < 4.78 is 9.75. The Morgan fingerprint density at radius 2 is 2.21 bits per heavy atom. The van der Waals surface area contributed by atoms with Gasteiger partial charge in [-0.25, -0.2) is 0 Å². The predicted octanol–water partition coefficient (Wildman–Crippen LogP) is 1.58. The molecule has 1 aliphatic carbocycles. The molecule has 6 heteroatoms. The van der Waals surface area contributed by atoms with Crippen LogP contribution in [0.25, 0.3) is 0 Å². The highest BCUT2D eigenvalue weighted by Crippen LogP contribution is 2.40. The van der Waals surface area contributed by atoms with Crippen molar-refractivity contribution in [3.05, 3.63) is 17.5 Å². The van der Waals surface area contributed by atoms with Gasteiger partial charge in [0.25, 0.3) is 5.91 Å². The maximum atomic E-state index is 12.3. The van der Waals surface area contributed by atoms with Crippen LogP contribution in [0.5, 0.6) is 0 Å². The Hall–Kier alpha value is -1.85. The van der Waals surface area contributed by atoms with Crippen LogP contribution in [0, 0.1) is 0 Å². The van der Waals surface area contributed by atoms with Gasteiger partial charge >= 0.3 is 5.97 Å². The number of carbonyl (C=O) groups is 2. The number of hydrogen-bond donors (Lipinski definition) is 0. The standard InChI is InChI=1S/C13H18N2O4/c1-8(2)15(7-12(16)18-3)13(17)10-6-11(19-14-10)9-4-5-9/h6,8-9H,4-5,7H2,1-3H3. The van der Waals surface area contributed by atoms with Crippen LogP contribution in [0.3, 0.4) is 0 Å². The molecule has 1 aromatic heterocycles. The first-order chi connectivity index (χ1) is 9.02. The third-order valence-electron chi connectivity index (χ3n) is 3.14. The summed E-state index contributed by atoms with van der Waals surface area (Å²) in [6, 6.07) is 1.56. The van der Waals surface area contributed by atoms with Gasteiger partial charge in [-0.1, -0.05) is 5.16 Å². The predicted molar refractivity (Wildman–Crippen MR) is 66.7 cm³/mol. The molecule has 2 rings (SSSR count). The van der Waals surface area contributed by atoms with Crippen molar-refractivity contribution in [1.29, 1.82) is 0 Å². The van der Waals surface area contributed by atoms with Crippen LogP contribution in [0.15, 0.2) is 10.6 Å². The normalized spacial score (nSPS) is 14.5. The zero-order chi connectivity index (χ0) is 14.0. The largest absolute Gasteiger partial charge is 0.468 e. The molecule has 0 N–H and O–H groups in total. The minimum absolute atomic E-state index is 0.0847. The Morgan fingerprint density at radius 3 is 2.74 bits per heavy atom. The molecule has 0 aliphatic heterocycles. The summed E-state index contributed by atoms with van der Waals surface area (Å²) in [5.41, 5.74) is 0.250. The Kier molecular flexibility index (Phi) is 3.87. The average Bonchev–Trinajstić information content (AvgIpc) is 3.12. The molecule has 6 nitrogen and oxygen atoms in total. The van der Waals surface area contributed by atoms with Crippen molar-refractivity contribution in [1.82, 2.24) is 10.1 Å². The molecule has 0 saturated heterocycles. The lowest BCUT2D eigenvalue weighted by atomic mass is 10.2. The summed E-state index contributed by atoms with van der Waals surface area (Å²) in [5, 5.41) is 3.80. The molecule has 1 saturated carbocycles. The fraction of sp³-hybridized carbons (Fsp3) is 0.615. The number of amides is 1. The van der Waals surface area contributed by atoms with Crippen molar-refractivity contribution < 1.29 is 18.8 Å². The van der Waals surface area contributed by atoms with Crippen LogP contribution in [-0.4, -0.2) is 41.6 Å². The lowest BCUT2D eigenvalue weighted by Gasteiger charge is -2.24. The smallest absolute Gasteiger partial charge is 0.325 e. The molecule has 1 aliphatic rings. The fourth-order valence-electron chi connectivity index (χ4n) is 1.79. The number of rotatable bonds is 5. The first-order valence-electron chi connectivity index (χ1n) is 6.37. The molecule has 0 bridgehead atoms. The molecule has 1 fully saturated rings. The molecular formula is C13H18N2O4. The fourth-order valence-corrected chi connectivity index (χ4v) is 1.79. The highest BCUT2D eigenvalue weighted by atomic mass is 16.5. The molecule has 19 heavy (non-hydrogen) atoms. The molecule has 0 atom stereocenters. The molecule has 104 valence electrons. The minimum Gasteiger partial charge on any atom is -0.468 e. The van der Waals surface area contributed by atoms with Gasteiger partial charge < -0.3 is 14.2 Å². The summed E-state index contributed by atoms with van der Waals surface area (Å²) in [7, 11) is 1.30. The second-order valence-corrected chi connectivity index (χ2v) is 4.99. The van der Waals surface area contributed by atoms with Crippen molar-refractivity contribution >= 4 is 11.9 Å². The van der Waals surface area contributed by atoms with Gasteiger partial charge in [0.05, 0.1) is 7.11 Å². The monoisotopic (exact) mass is 266 g/mol. The maximum absolute atomic E-state index is 12.3. The van der Waals surface area contributed by atoms with Gasteiger partial charge in [-0.05, 0) is 26.7 Å². The molecule has 0 aromatic carbocycles. The summed E-state index contributed by atoms with van der Waals surface area (Å²) in [6.07, 6.45) is 2.16. The summed E-state index contributed by atoms with van der Waals surface area (Å²) in [6.45, 7) is 3.59. The maximum Gasteiger partial charge on any atom is 0.325 e. The highest BCUT2D eigenvalue weighted by molar-refractivity contribution is 5.94. The molecule has 0 unspecified atom stereocenters. The van der Waals surface area contributed by atoms with Crippen molar-refractivity contribution in [2.75, 3.05) is 13.7 Å². The Bertz CT molecular complexity index is 477. The van der Waals surface area contributed by atoms with E-state index in [1.165, 1.54) is 12.0 Å². The Balaban J connectivity index is 2.10. The zero-order valence-corrected chi connectivity index (χ0v) is 11.4. The van der Waals surface area contributed by atoms with Crippen LogP contribution >= 0.6 is 0 Å². The van der Waals surface area contributed by atoms with Crippen molar-refractivity contribution in [2.24, 2.45) is 0 Å². The van der Waals surface area contributed by atoms with E-state index in [1.807, 2.05) is 13.8 Å². The van der Waals surface area contributed by atoms with Crippen LogP contribution in [0.4, 0.5) is 0 Å². The van der Waals surface area contributed by atoms with Crippen LogP contribution in [0.1, 0.15) is 48.9 Å². The second kappa shape index (κ2) is 5.42. The van der Waals surface area contributed by atoms with Crippen molar-refractivity contribution in [3.8, 4) is 0 Å². The number of ether oxygens (including phenoxy) is 1. The van der Waals surface area contributed by atoms with Gasteiger partial charge in [0.1, 0.15) is 12.3 Å². The molecule has 0 spiro atoms. The Morgan fingerprint density at radius 1 is 1.53 bits per heavy atom. The summed E-state index contributed by atoms with van der Waals surface area (Å²) in [5.74, 6) is 0.399. The van der Waals surface area contributed by atoms with E-state index in [2.05, 4.69) is 9.89 Å². The van der Waals surface area contributed by atoms with Crippen LogP contribution < -0.4 is 0 Å². The van der Waals surface area contributed by atoms with E-state index in [-0.39, 0.29) is 24.2 Å². The SMILES string of the molecule is COC(=O)CN(C(=O)c1cc(C2CC2)on1)C(C)C. The van der Waals surface area contributed by atoms with E-state index >= 15 is 0 Å². The summed E-state index contributed by atoms with van der Waals surface area (Å²) in [4.78, 5) is 25.0. The summed E-state index contributed by atoms with van der Waals surface area (Å²) >= 11 is 0. The number of aromatic nitrogens is 1. The second-order valence-electron chi connectivity index (χ2n) is 4.99. The van der Waals surface area contributed by atoms with Gasteiger partial charge in [-0.2, -0.15) is 0 Å². The topological polar surface area (TPSA) is 72.6 Å². The van der Waals surface area contributed by atoms with Crippen molar-refractivity contribution in [2.45, 2.75) is 38.6 Å². The molecule has 1 amide bonds. The lowest BCUT2D eigenvalue weighted by molar-refractivity contribution is -0.141. The van der Waals surface area contributed by atoms with Gasteiger partial charge in [0.15, 0.2) is 5.69 Å². The van der Waals surface area contributed by atoms with E-state index in [0.717, 1.165) is 18.6 Å². The first-order valence-corrected chi connectivity index (χ1v) is 6.37. The van der Waals surface area contributed by atoms with Crippen LogP contribution in [-0.2, 0) is 9.53 Å². The average molecular weight is 266 g/mol. The van der Waals surface area contributed by atoms with E-state index in [9.17, 15) is 9.59 Å². The first kappa shape index (κ1) is 13.6. The minimum atomic E-state index is -0.451. The molecule has 0 radical (unpaired) electrons. The van der Waals surface area contributed by atoms with E-state index in [4.69, 9.17) is 4.52 Å². The third kappa shape index (κ3) is 3.13. The molecule has 1 aromatic rings. The van der Waals surface area contributed by atoms with Gasteiger partial charge in [0, 0.05) is 18.0 Å². The number of esters is 1. The van der Waals surface area contributed by atoms with E-state index in [1.54, 1.807) is 6.07 Å². The molecular weight excluding hydrogens is 248 g/mol. The molecule has 1 heterocycles.